The SMILES string of the molecule is NC(=O)Nc1cccc(-c2ccc(CN3C(=O)c4ccccc4C3=O)cc2)c1. The lowest BCUT2D eigenvalue weighted by atomic mass is 10.0. The third-order valence-corrected chi connectivity index (χ3v) is 4.64. The highest BCUT2D eigenvalue weighted by atomic mass is 16.2. The van der Waals surface area contributed by atoms with Crippen LogP contribution in [0, 0.1) is 0 Å². The molecule has 0 saturated heterocycles. The van der Waals surface area contributed by atoms with Crippen LogP contribution in [0.2, 0.25) is 0 Å². The van der Waals surface area contributed by atoms with Crippen LogP contribution in [0.3, 0.4) is 0 Å². The minimum Gasteiger partial charge on any atom is -0.351 e. The quantitative estimate of drug-likeness (QED) is 0.686. The number of amides is 4. The molecular weight excluding hydrogens is 354 g/mol. The van der Waals surface area contributed by atoms with Crippen molar-refractivity contribution in [2.75, 3.05) is 5.32 Å². The first-order valence-corrected chi connectivity index (χ1v) is 8.74. The summed E-state index contributed by atoms with van der Waals surface area (Å²) in [6.07, 6.45) is 0. The van der Waals surface area contributed by atoms with Gasteiger partial charge >= 0.3 is 6.03 Å². The van der Waals surface area contributed by atoms with E-state index >= 15 is 0 Å². The Morgan fingerprint density at radius 2 is 1.46 bits per heavy atom. The van der Waals surface area contributed by atoms with E-state index in [2.05, 4.69) is 5.32 Å². The molecule has 0 spiro atoms. The highest BCUT2D eigenvalue weighted by molar-refractivity contribution is 6.21. The standard InChI is InChI=1S/C22H17N3O3/c23-22(28)24-17-5-3-4-16(12-17)15-10-8-14(9-11-15)13-25-20(26)18-6-1-2-7-19(18)21(25)27/h1-12H,13H2,(H3,23,24,28). The molecule has 0 atom stereocenters. The molecule has 0 bridgehead atoms. The van der Waals surface area contributed by atoms with Gasteiger partial charge in [-0.2, -0.15) is 0 Å². The Morgan fingerprint density at radius 1 is 0.821 bits per heavy atom. The number of carbonyl (C=O) groups is 3. The smallest absolute Gasteiger partial charge is 0.316 e. The van der Waals surface area contributed by atoms with Gasteiger partial charge in [-0.15, -0.1) is 0 Å². The second kappa shape index (κ2) is 7.00. The molecular formula is C22H17N3O3. The van der Waals surface area contributed by atoms with Gasteiger partial charge in [0.2, 0.25) is 0 Å². The Hall–Kier alpha value is -3.93. The minimum atomic E-state index is -0.617. The molecule has 1 aliphatic rings. The minimum absolute atomic E-state index is 0.218. The topological polar surface area (TPSA) is 92.5 Å². The molecule has 3 N–H and O–H groups in total. The van der Waals surface area contributed by atoms with Crippen LogP contribution in [0.5, 0.6) is 0 Å². The van der Waals surface area contributed by atoms with Gasteiger partial charge in [0.1, 0.15) is 0 Å². The van der Waals surface area contributed by atoms with Crippen LogP contribution in [-0.4, -0.2) is 22.7 Å². The molecule has 28 heavy (non-hydrogen) atoms. The van der Waals surface area contributed by atoms with Gasteiger partial charge in [0.25, 0.3) is 11.8 Å². The largest absolute Gasteiger partial charge is 0.351 e. The number of nitrogens with two attached hydrogens (primary N) is 1. The zero-order valence-corrected chi connectivity index (χ0v) is 14.9. The van der Waals surface area contributed by atoms with E-state index in [0.717, 1.165) is 16.7 Å². The van der Waals surface area contributed by atoms with Crippen LogP contribution >= 0.6 is 0 Å². The van der Waals surface area contributed by atoms with Gasteiger partial charge in [0.05, 0.1) is 17.7 Å². The zero-order valence-electron chi connectivity index (χ0n) is 14.9. The van der Waals surface area contributed by atoms with E-state index in [1.54, 1.807) is 30.3 Å². The number of anilines is 1. The van der Waals surface area contributed by atoms with Crippen molar-refractivity contribution >= 4 is 23.5 Å². The summed E-state index contributed by atoms with van der Waals surface area (Å²) in [6, 6.07) is 21.2. The van der Waals surface area contributed by atoms with Crippen molar-refractivity contribution < 1.29 is 14.4 Å². The van der Waals surface area contributed by atoms with E-state index in [-0.39, 0.29) is 18.4 Å². The van der Waals surface area contributed by atoms with E-state index in [0.29, 0.717) is 16.8 Å². The number of nitrogens with zero attached hydrogens (tertiary/aromatic N) is 1. The molecule has 1 heterocycles. The molecule has 0 fully saturated rings. The molecule has 6 nitrogen and oxygen atoms in total. The van der Waals surface area contributed by atoms with Gasteiger partial charge in [0.15, 0.2) is 0 Å². The van der Waals surface area contributed by atoms with Crippen molar-refractivity contribution in [1.82, 2.24) is 4.90 Å². The molecule has 1 aliphatic heterocycles. The molecule has 0 unspecified atom stereocenters. The maximum Gasteiger partial charge on any atom is 0.316 e. The number of urea groups is 1. The van der Waals surface area contributed by atoms with E-state index < -0.39 is 6.03 Å². The van der Waals surface area contributed by atoms with Crippen molar-refractivity contribution in [3.05, 3.63) is 89.5 Å². The molecule has 6 heteroatoms. The number of hydrogen-bond donors (Lipinski definition) is 2. The number of rotatable bonds is 4. The number of hydrogen-bond acceptors (Lipinski definition) is 3. The molecule has 4 rings (SSSR count). The average molecular weight is 371 g/mol. The summed E-state index contributed by atoms with van der Waals surface area (Å²) in [4.78, 5) is 37.2. The summed E-state index contributed by atoms with van der Waals surface area (Å²) < 4.78 is 0. The number of nitrogens with one attached hydrogen (secondary N) is 1. The zero-order chi connectivity index (χ0) is 19.7. The lowest BCUT2D eigenvalue weighted by Crippen LogP contribution is -2.29. The van der Waals surface area contributed by atoms with E-state index in [1.165, 1.54) is 4.90 Å². The molecule has 0 saturated carbocycles. The normalized spacial score (nSPS) is 12.8. The average Bonchev–Trinajstić information content (AvgIpc) is 2.93. The molecule has 3 aromatic carbocycles. The predicted octanol–water partition coefficient (Wildman–Crippen LogP) is 3.64. The highest BCUT2D eigenvalue weighted by Crippen LogP contribution is 2.26. The number of fused-ring (bicyclic) bond motifs is 1. The van der Waals surface area contributed by atoms with Crippen molar-refractivity contribution in [2.45, 2.75) is 6.54 Å². The van der Waals surface area contributed by atoms with Gasteiger partial charge in [-0.3, -0.25) is 14.5 Å². The number of primary amides is 1. The fourth-order valence-electron chi connectivity index (χ4n) is 3.29. The highest BCUT2D eigenvalue weighted by Gasteiger charge is 2.34. The Labute approximate surface area is 161 Å². The third-order valence-electron chi connectivity index (χ3n) is 4.64. The monoisotopic (exact) mass is 371 g/mol. The summed E-state index contributed by atoms with van der Waals surface area (Å²) >= 11 is 0. The van der Waals surface area contributed by atoms with Crippen LogP contribution in [0.25, 0.3) is 11.1 Å². The maximum atomic E-state index is 12.5. The van der Waals surface area contributed by atoms with Gasteiger partial charge in [-0.25, -0.2) is 4.79 Å². The molecule has 0 aliphatic carbocycles. The van der Waals surface area contributed by atoms with Crippen molar-refractivity contribution in [2.24, 2.45) is 5.73 Å². The summed E-state index contributed by atoms with van der Waals surface area (Å²) in [5.41, 5.74) is 9.37. The molecule has 4 amide bonds. The van der Waals surface area contributed by atoms with Crippen molar-refractivity contribution in [3.8, 4) is 11.1 Å². The van der Waals surface area contributed by atoms with E-state index in [1.807, 2.05) is 42.5 Å². The van der Waals surface area contributed by atoms with Crippen LogP contribution in [-0.2, 0) is 6.54 Å². The Bertz CT molecular complexity index is 1060. The fraction of sp³-hybridized carbons (Fsp3) is 0.0455. The lowest BCUT2D eigenvalue weighted by molar-refractivity contribution is 0.0642. The molecule has 3 aromatic rings. The van der Waals surface area contributed by atoms with Crippen LogP contribution < -0.4 is 11.1 Å². The molecule has 0 aromatic heterocycles. The Balaban J connectivity index is 1.53. The van der Waals surface area contributed by atoms with Crippen molar-refractivity contribution in [1.29, 1.82) is 0 Å². The first kappa shape index (κ1) is 17.5. The fourth-order valence-corrected chi connectivity index (χ4v) is 3.29. The first-order valence-electron chi connectivity index (χ1n) is 8.74. The summed E-state index contributed by atoms with van der Waals surface area (Å²) in [5, 5.41) is 2.55. The van der Waals surface area contributed by atoms with Gasteiger partial charge in [-0.1, -0.05) is 48.5 Å². The van der Waals surface area contributed by atoms with Gasteiger partial charge in [-0.05, 0) is 41.0 Å². The maximum absolute atomic E-state index is 12.5. The van der Waals surface area contributed by atoms with Gasteiger partial charge in [0, 0.05) is 5.69 Å². The summed E-state index contributed by atoms with van der Waals surface area (Å²) in [5.74, 6) is -0.537. The Morgan fingerprint density at radius 3 is 2.07 bits per heavy atom. The lowest BCUT2D eigenvalue weighted by Gasteiger charge is -2.14. The van der Waals surface area contributed by atoms with Gasteiger partial charge < -0.3 is 11.1 Å². The second-order valence-electron chi connectivity index (χ2n) is 6.51. The number of benzene rings is 3. The first-order chi connectivity index (χ1) is 13.5. The summed E-state index contributed by atoms with van der Waals surface area (Å²) in [6.45, 7) is 0.218. The summed E-state index contributed by atoms with van der Waals surface area (Å²) in [7, 11) is 0. The molecule has 138 valence electrons. The number of carbonyl (C=O) groups excluding carboxylic acids is 3. The predicted molar refractivity (Wildman–Crippen MR) is 106 cm³/mol. The van der Waals surface area contributed by atoms with Crippen molar-refractivity contribution in [3.63, 3.8) is 0 Å². The van der Waals surface area contributed by atoms with E-state index in [4.69, 9.17) is 5.73 Å². The number of imide groups is 1. The van der Waals surface area contributed by atoms with Crippen LogP contribution in [0.15, 0.2) is 72.8 Å². The van der Waals surface area contributed by atoms with Crippen LogP contribution in [0.1, 0.15) is 26.3 Å². The van der Waals surface area contributed by atoms with Crippen LogP contribution in [0.4, 0.5) is 10.5 Å². The Kier molecular flexibility index (Phi) is 4.37. The van der Waals surface area contributed by atoms with E-state index in [9.17, 15) is 14.4 Å². The molecule has 0 radical (unpaired) electrons. The second-order valence-corrected chi connectivity index (χ2v) is 6.51. The third kappa shape index (κ3) is 3.23.